The molecular formula is C14H11Cl2FN2O. The molecule has 0 aliphatic carbocycles. The minimum absolute atomic E-state index is 0.0412. The van der Waals surface area contributed by atoms with Crippen LogP contribution in [-0.4, -0.2) is 6.03 Å². The number of carbonyl (C=O) groups excluding carboxylic acids is 1. The van der Waals surface area contributed by atoms with E-state index in [-0.39, 0.29) is 5.02 Å². The van der Waals surface area contributed by atoms with Crippen molar-refractivity contribution in [3.05, 3.63) is 63.9 Å². The van der Waals surface area contributed by atoms with Crippen molar-refractivity contribution in [3.63, 3.8) is 0 Å². The predicted molar refractivity (Wildman–Crippen MR) is 78.7 cm³/mol. The number of hydrogen-bond donors (Lipinski definition) is 2. The summed E-state index contributed by atoms with van der Waals surface area (Å²) in [6, 6.07) is 10.7. The van der Waals surface area contributed by atoms with E-state index >= 15 is 0 Å². The molecule has 0 heterocycles. The Morgan fingerprint density at radius 1 is 1.10 bits per heavy atom. The van der Waals surface area contributed by atoms with Crippen LogP contribution < -0.4 is 10.6 Å². The lowest BCUT2D eigenvalue weighted by molar-refractivity contribution is 0.251. The van der Waals surface area contributed by atoms with Gasteiger partial charge < -0.3 is 10.6 Å². The zero-order chi connectivity index (χ0) is 14.5. The molecule has 2 aromatic rings. The fraction of sp³-hybridized carbons (Fsp3) is 0.0714. The first-order chi connectivity index (χ1) is 9.54. The number of nitrogens with one attached hydrogen (secondary N) is 2. The summed E-state index contributed by atoms with van der Waals surface area (Å²) in [6.45, 7) is 0.359. The van der Waals surface area contributed by atoms with Crippen molar-refractivity contribution in [2.45, 2.75) is 6.54 Å². The molecule has 0 aliphatic rings. The lowest BCUT2D eigenvalue weighted by Crippen LogP contribution is -2.28. The third-order valence-corrected chi connectivity index (χ3v) is 3.09. The summed E-state index contributed by atoms with van der Waals surface area (Å²) in [7, 11) is 0. The summed E-state index contributed by atoms with van der Waals surface area (Å²) >= 11 is 11.4. The third kappa shape index (κ3) is 4.11. The number of urea groups is 1. The molecule has 0 bridgehead atoms. The molecule has 2 N–H and O–H groups in total. The Bertz CT molecular complexity index is 617. The van der Waals surface area contributed by atoms with Gasteiger partial charge in [-0.1, -0.05) is 35.3 Å². The molecule has 0 saturated heterocycles. The minimum atomic E-state index is -0.529. The molecule has 0 aromatic heterocycles. The largest absolute Gasteiger partial charge is 0.334 e. The Hall–Kier alpha value is -1.78. The highest BCUT2D eigenvalue weighted by atomic mass is 35.5. The second-order valence-electron chi connectivity index (χ2n) is 4.06. The van der Waals surface area contributed by atoms with Crippen LogP contribution in [0.3, 0.4) is 0 Å². The van der Waals surface area contributed by atoms with Gasteiger partial charge in [-0.05, 0) is 35.9 Å². The summed E-state index contributed by atoms with van der Waals surface area (Å²) < 4.78 is 13.0. The van der Waals surface area contributed by atoms with Gasteiger partial charge in [0.25, 0.3) is 0 Å². The molecule has 2 aromatic carbocycles. The molecule has 2 amide bonds. The highest BCUT2D eigenvalue weighted by molar-refractivity contribution is 6.31. The molecule has 0 aliphatic heterocycles. The summed E-state index contributed by atoms with van der Waals surface area (Å²) in [5.41, 5.74) is 1.34. The van der Waals surface area contributed by atoms with Crippen LogP contribution in [0.15, 0.2) is 42.5 Å². The van der Waals surface area contributed by atoms with Crippen LogP contribution >= 0.6 is 23.2 Å². The summed E-state index contributed by atoms with van der Waals surface area (Å²) in [6.07, 6.45) is 0. The van der Waals surface area contributed by atoms with E-state index < -0.39 is 11.8 Å². The summed E-state index contributed by atoms with van der Waals surface area (Å²) in [5, 5.41) is 5.83. The van der Waals surface area contributed by atoms with Gasteiger partial charge >= 0.3 is 6.03 Å². The van der Waals surface area contributed by atoms with Crippen molar-refractivity contribution >= 4 is 34.9 Å². The number of benzene rings is 2. The fourth-order valence-electron chi connectivity index (χ4n) is 1.53. The Labute approximate surface area is 125 Å². The topological polar surface area (TPSA) is 41.1 Å². The van der Waals surface area contributed by atoms with E-state index in [2.05, 4.69) is 10.6 Å². The maximum atomic E-state index is 13.0. The van der Waals surface area contributed by atoms with Gasteiger partial charge in [-0.3, -0.25) is 0 Å². The highest BCUT2D eigenvalue weighted by Crippen LogP contribution is 2.19. The van der Waals surface area contributed by atoms with Gasteiger partial charge in [-0.15, -0.1) is 0 Å². The molecule has 2 rings (SSSR count). The molecule has 3 nitrogen and oxygen atoms in total. The van der Waals surface area contributed by atoms with Gasteiger partial charge in [0.05, 0.1) is 5.02 Å². The van der Waals surface area contributed by atoms with Crippen molar-refractivity contribution in [1.82, 2.24) is 5.32 Å². The van der Waals surface area contributed by atoms with Crippen LogP contribution in [0.25, 0.3) is 0 Å². The summed E-state index contributed by atoms with van der Waals surface area (Å²) in [4.78, 5) is 11.7. The van der Waals surface area contributed by atoms with E-state index in [0.29, 0.717) is 17.3 Å². The second kappa shape index (κ2) is 6.59. The van der Waals surface area contributed by atoms with Gasteiger partial charge in [0.1, 0.15) is 5.82 Å². The number of carbonyl (C=O) groups is 1. The number of rotatable bonds is 3. The average molecular weight is 313 g/mol. The maximum Gasteiger partial charge on any atom is 0.319 e. The predicted octanol–water partition coefficient (Wildman–Crippen LogP) is 4.45. The van der Waals surface area contributed by atoms with Crippen molar-refractivity contribution in [1.29, 1.82) is 0 Å². The standard InChI is InChI=1S/C14H11Cl2FN2O/c15-10-3-1-9(2-4-10)8-18-14(20)19-11-5-6-13(17)12(16)7-11/h1-7H,8H2,(H2,18,19,20). The van der Waals surface area contributed by atoms with E-state index in [0.717, 1.165) is 5.56 Å². The van der Waals surface area contributed by atoms with Crippen LogP contribution in [-0.2, 0) is 6.54 Å². The smallest absolute Gasteiger partial charge is 0.319 e. The van der Waals surface area contributed by atoms with Gasteiger partial charge in [-0.2, -0.15) is 0 Å². The number of anilines is 1. The zero-order valence-corrected chi connectivity index (χ0v) is 11.8. The van der Waals surface area contributed by atoms with E-state index in [1.54, 1.807) is 12.1 Å². The Balaban J connectivity index is 1.89. The maximum absolute atomic E-state index is 13.0. The number of hydrogen-bond acceptors (Lipinski definition) is 1. The molecule has 0 atom stereocenters. The van der Waals surface area contributed by atoms with E-state index in [1.807, 2.05) is 12.1 Å². The Kier molecular flexibility index (Phi) is 4.82. The first kappa shape index (κ1) is 14.6. The van der Waals surface area contributed by atoms with E-state index in [9.17, 15) is 9.18 Å². The normalized spacial score (nSPS) is 10.2. The first-order valence-electron chi connectivity index (χ1n) is 5.79. The zero-order valence-electron chi connectivity index (χ0n) is 10.3. The second-order valence-corrected chi connectivity index (χ2v) is 4.91. The van der Waals surface area contributed by atoms with Crippen LogP contribution in [0.4, 0.5) is 14.9 Å². The SMILES string of the molecule is O=C(NCc1ccc(Cl)cc1)Nc1ccc(F)c(Cl)c1. The Morgan fingerprint density at radius 2 is 1.80 bits per heavy atom. The van der Waals surface area contributed by atoms with Crippen LogP contribution in [0.2, 0.25) is 10.0 Å². The molecular weight excluding hydrogens is 302 g/mol. The highest BCUT2D eigenvalue weighted by Gasteiger charge is 2.04. The molecule has 6 heteroatoms. The molecule has 0 radical (unpaired) electrons. The van der Waals surface area contributed by atoms with Crippen molar-refractivity contribution in [2.24, 2.45) is 0 Å². The minimum Gasteiger partial charge on any atom is -0.334 e. The van der Waals surface area contributed by atoms with Crippen molar-refractivity contribution < 1.29 is 9.18 Å². The third-order valence-electron chi connectivity index (χ3n) is 2.54. The fourth-order valence-corrected chi connectivity index (χ4v) is 1.84. The average Bonchev–Trinajstić information content (AvgIpc) is 2.42. The van der Waals surface area contributed by atoms with Crippen LogP contribution in [0.1, 0.15) is 5.56 Å². The van der Waals surface area contributed by atoms with Gasteiger partial charge in [0.2, 0.25) is 0 Å². The van der Waals surface area contributed by atoms with Gasteiger partial charge in [0, 0.05) is 17.3 Å². The van der Waals surface area contributed by atoms with Crippen LogP contribution in [0, 0.1) is 5.82 Å². The molecule has 0 fully saturated rings. The van der Waals surface area contributed by atoms with E-state index in [4.69, 9.17) is 23.2 Å². The molecule has 20 heavy (non-hydrogen) atoms. The molecule has 0 spiro atoms. The Morgan fingerprint density at radius 3 is 2.45 bits per heavy atom. The van der Waals surface area contributed by atoms with Gasteiger partial charge in [-0.25, -0.2) is 9.18 Å². The lowest BCUT2D eigenvalue weighted by Gasteiger charge is -2.08. The molecule has 104 valence electrons. The monoisotopic (exact) mass is 312 g/mol. The quantitative estimate of drug-likeness (QED) is 0.863. The number of amides is 2. The van der Waals surface area contributed by atoms with Crippen molar-refractivity contribution in [3.8, 4) is 0 Å². The molecule has 0 saturated carbocycles. The van der Waals surface area contributed by atoms with Crippen LogP contribution in [0.5, 0.6) is 0 Å². The van der Waals surface area contributed by atoms with Crippen molar-refractivity contribution in [2.75, 3.05) is 5.32 Å². The summed E-state index contributed by atoms with van der Waals surface area (Å²) in [5.74, 6) is -0.529. The van der Waals surface area contributed by atoms with E-state index in [1.165, 1.54) is 18.2 Å². The van der Waals surface area contributed by atoms with Gasteiger partial charge in [0.15, 0.2) is 0 Å². The first-order valence-corrected chi connectivity index (χ1v) is 6.54. The number of halogens is 3. The lowest BCUT2D eigenvalue weighted by atomic mass is 10.2. The molecule has 0 unspecified atom stereocenters.